The molecule has 4 amide bonds. The number of carboxylic acids is 1. The Kier molecular flexibility index (Phi) is 12.6. The minimum atomic E-state index is -1.20. The van der Waals surface area contributed by atoms with Crippen LogP contribution in [0.2, 0.25) is 0 Å². The van der Waals surface area contributed by atoms with Gasteiger partial charge in [0, 0.05) is 6.42 Å². The maximum absolute atomic E-state index is 12.7. The number of rotatable bonds is 15. The zero-order valence-corrected chi connectivity index (χ0v) is 22.2. The first kappa shape index (κ1) is 31.0. The number of carbonyl (C=O) groups excluding carboxylic acids is 4. The molecule has 39 heavy (non-hydrogen) atoms. The van der Waals surface area contributed by atoms with Crippen LogP contribution in [0.25, 0.3) is 0 Å². The molecule has 0 unspecified atom stereocenters. The van der Waals surface area contributed by atoms with Gasteiger partial charge in [-0.1, -0.05) is 74.5 Å². The number of benzene rings is 2. The maximum atomic E-state index is 12.7. The van der Waals surface area contributed by atoms with E-state index >= 15 is 0 Å². The summed E-state index contributed by atoms with van der Waals surface area (Å²) in [6, 6.07) is 15.1. The van der Waals surface area contributed by atoms with Gasteiger partial charge in [-0.3, -0.25) is 19.2 Å². The van der Waals surface area contributed by atoms with E-state index in [9.17, 15) is 29.1 Å². The first-order valence-electron chi connectivity index (χ1n) is 12.8. The van der Waals surface area contributed by atoms with Gasteiger partial charge in [-0.15, -0.1) is 0 Å². The van der Waals surface area contributed by atoms with Crippen LogP contribution in [0.3, 0.4) is 0 Å². The molecule has 210 valence electrons. The highest BCUT2D eigenvalue weighted by Crippen LogP contribution is 2.06. The average Bonchev–Trinajstić information content (AvgIpc) is 2.90. The Morgan fingerprint density at radius 3 is 1.67 bits per heavy atom. The van der Waals surface area contributed by atoms with Crippen molar-refractivity contribution in [3.63, 3.8) is 0 Å². The normalized spacial score (nSPS) is 13.0. The molecule has 11 nitrogen and oxygen atoms in total. The number of hydrogen-bond acceptors (Lipinski definition) is 6. The fourth-order valence-electron chi connectivity index (χ4n) is 3.79. The number of carbonyl (C=O) groups is 5. The number of amides is 4. The molecular formula is C28H37N5O6. The maximum Gasteiger partial charge on any atom is 0.326 e. The van der Waals surface area contributed by atoms with Gasteiger partial charge in [-0.2, -0.15) is 0 Å². The van der Waals surface area contributed by atoms with Crippen molar-refractivity contribution >= 4 is 29.6 Å². The summed E-state index contributed by atoms with van der Waals surface area (Å²) in [7, 11) is 0. The Hall–Kier alpha value is -4.25. The van der Waals surface area contributed by atoms with Crippen LogP contribution in [0.5, 0.6) is 0 Å². The summed E-state index contributed by atoms with van der Waals surface area (Å²) in [5, 5.41) is 19.4. The molecule has 0 aliphatic rings. The second-order valence-electron chi connectivity index (χ2n) is 9.63. The van der Waals surface area contributed by atoms with Gasteiger partial charge in [0.25, 0.3) is 0 Å². The molecule has 7 N–H and O–H groups in total. The molecule has 3 atom stereocenters. The molecule has 0 saturated carbocycles. The summed E-state index contributed by atoms with van der Waals surface area (Å²) >= 11 is 0. The third-order valence-corrected chi connectivity index (χ3v) is 5.76. The summed E-state index contributed by atoms with van der Waals surface area (Å²) in [4.78, 5) is 61.5. The van der Waals surface area contributed by atoms with E-state index in [1.807, 2.05) is 44.2 Å². The molecule has 0 saturated heterocycles. The van der Waals surface area contributed by atoms with Crippen LogP contribution < -0.4 is 27.0 Å². The molecule has 0 heterocycles. The Bertz CT molecular complexity index is 1110. The van der Waals surface area contributed by atoms with Crippen molar-refractivity contribution < 1.29 is 29.1 Å². The van der Waals surface area contributed by atoms with Crippen molar-refractivity contribution in [1.29, 1.82) is 0 Å². The number of aliphatic carboxylic acids is 1. The van der Waals surface area contributed by atoms with E-state index in [0.29, 0.717) is 6.42 Å². The fourth-order valence-corrected chi connectivity index (χ4v) is 3.79. The van der Waals surface area contributed by atoms with Crippen molar-refractivity contribution in [1.82, 2.24) is 21.3 Å². The Labute approximate surface area is 227 Å². The van der Waals surface area contributed by atoms with Gasteiger partial charge in [0.05, 0.1) is 19.1 Å². The number of nitrogens with one attached hydrogen (secondary N) is 4. The SMILES string of the molecule is CC(C)C[C@H](NC(=O)CNC(=O)[C@@H](N)Cc1ccccc1)C(=O)NCC(=O)N[C@@H](Cc1ccccc1)C(=O)O. The standard InChI is InChI=1S/C28H37N5O6/c1-18(2)13-22(32-24(34)16-30-26(36)21(29)14-19-9-5-3-6-10-19)27(37)31-17-25(35)33-23(28(38)39)15-20-11-7-4-8-12-20/h3-12,18,21-23H,13-17,29H2,1-2H3,(H,30,36)(H,31,37)(H,32,34)(H,33,35)(H,38,39)/t21-,22-,23-/m0/s1. The topological polar surface area (TPSA) is 180 Å². The molecule has 0 aromatic heterocycles. The molecule has 0 aliphatic heterocycles. The van der Waals surface area contributed by atoms with Gasteiger partial charge in [0.15, 0.2) is 0 Å². The van der Waals surface area contributed by atoms with Gasteiger partial charge in [-0.05, 0) is 29.9 Å². The van der Waals surface area contributed by atoms with E-state index in [1.165, 1.54) is 0 Å². The molecular weight excluding hydrogens is 502 g/mol. The van der Waals surface area contributed by atoms with Crippen LogP contribution in [-0.2, 0) is 36.8 Å². The molecule has 0 aliphatic carbocycles. The lowest BCUT2D eigenvalue weighted by Gasteiger charge is -2.21. The van der Waals surface area contributed by atoms with Crippen molar-refractivity contribution in [3.05, 3.63) is 71.8 Å². The summed E-state index contributed by atoms with van der Waals surface area (Å²) in [5.41, 5.74) is 7.56. The molecule has 11 heteroatoms. The van der Waals surface area contributed by atoms with E-state index < -0.39 is 54.3 Å². The van der Waals surface area contributed by atoms with Gasteiger partial charge in [-0.25, -0.2) is 4.79 Å². The lowest BCUT2D eigenvalue weighted by Crippen LogP contribution is -2.53. The predicted octanol–water partition coefficient (Wildman–Crippen LogP) is 0.132. The molecule has 2 aromatic rings. The quantitative estimate of drug-likeness (QED) is 0.186. The fraction of sp³-hybridized carbons (Fsp3) is 0.393. The molecule has 2 rings (SSSR count). The summed E-state index contributed by atoms with van der Waals surface area (Å²) < 4.78 is 0. The summed E-state index contributed by atoms with van der Waals surface area (Å²) in [6.45, 7) is 2.89. The third kappa shape index (κ3) is 11.8. The first-order chi connectivity index (χ1) is 18.5. The minimum absolute atomic E-state index is 0.0334. The van der Waals surface area contributed by atoms with E-state index in [2.05, 4.69) is 21.3 Å². The van der Waals surface area contributed by atoms with Gasteiger partial charge in [0.2, 0.25) is 23.6 Å². The van der Waals surface area contributed by atoms with Crippen LogP contribution in [0.1, 0.15) is 31.4 Å². The van der Waals surface area contributed by atoms with E-state index in [4.69, 9.17) is 5.73 Å². The largest absolute Gasteiger partial charge is 0.480 e. The highest BCUT2D eigenvalue weighted by molar-refractivity contribution is 5.93. The minimum Gasteiger partial charge on any atom is -0.480 e. The second-order valence-corrected chi connectivity index (χ2v) is 9.63. The summed E-state index contributed by atoms with van der Waals surface area (Å²) in [5.74, 6) is -3.54. The molecule has 2 aromatic carbocycles. The van der Waals surface area contributed by atoms with Gasteiger partial charge in [0.1, 0.15) is 12.1 Å². The van der Waals surface area contributed by atoms with Crippen molar-refractivity contribution in [3.8, 4) is 0 Å². The number of hydrogen-bond donors (Lipinski definition) is 6. The predicted molar refractivity (Wildman–Crippen MR) is 145 cm³/mol. The van der Waals surface area contributed by atoms with Crippen molar-refractivity contribution in [2.45, 2.75) is 51.2 Å². The highest BCUT2D eigenvalue weighted by Gasteiger charge is 2.25. The van der Waals surface area contributed by atoms with Crippen LogP contribution in [0.15, 0.2) is 60.7 Å². The molecule has 0 fully saturated rings. The summed E-state index contributed by atoms with van der Waals surface area (Å²) in [6.07, 6.45) is 0.678. The zero-order valence-electron chi connectivity index (χ0n) is 22.2. The third-order valence-electron chi connectivity index (χ3n) is 5.76. The van der Waals surface area contributed by atoms with Crippen LogP contribution in [-0.4, -0.2) is 65.9 Å². The first-order valence-corrected chi connectivity index (χ1v) is 12.8. The van der Waals surface area contributed by atoms with Gasteiger partial charge < -0.3 is 32.1 Å². The lowest BCUT2D eigenvalue weighted by molar-refractivity contribution is -0.141. The Balaban J connectivity index is 1.84. The highest BCUT2D eigenvalue weighted by atomic mass is 16.4. The lowest BCUT2D eigenvalue weighted by atomic mass is 10.0. The Morgan fingerprint density at radius 1 is 0.718 bits per heavy atom. The smallest absolute Gasteiger partial charge is 0.326 e. The van der Waals surface area contributed by atoms with Crippen LogP contribution >= 0.6 is 0 Å². The van der Waals surface area contributed by atoms with E-state index in [0.717, 1.165) is 11.1 Å². The number of carboxylic acid groups (broad SMARTS) is 1. The Morgan fingerprint density at radius 2 is 1.18 bits per heavy atom. The van der Waals surface area contributed by atoms with Crippen LogP contribution in [0.4, 0.5) is 0 Å². The monoisotopic (exact) mass is 539 g/mol. The van der Waals surface area contributed by atoms with Crippen molar-refractivity contribution in [2.24, 2.45) is 11.7 Å². The number of nitrogens with two attached hydrogens (primary N) is 1. The van der Waals surface area contributed by atoms with Gasteiger partial charge >= 0.3 is 5.97 Å². The molecule has 0 spiro atoms. The van der Waals surface area contributed by atoms with E-state index in [1.54, 1.807) is 30.3 Å². The van der Waals surface area contributed by atoms with Crippen LogP contribution in [0, 0.1) is 5.92 Å². The zero-order chi connectivity index (χ0) is 28.8. The molecule has 0 radical (unpaired) electrons. The molecule has 0 bridgehead atoms. The van der Waals surface area contributed by atoms with E-state index in [-0.39, 0.29) is 25.3 Å². The average molecular weight is 540 g/mol. The second kappa shape index (κ2) is 15.9. The van der Waals surface area contributed by atoms with Crippen molar-refractivity contribution in [2.75, 3.05) is 13.1 Å².